The number of carbonyl (C=O) groups is 2. The maximum absolute atomic E-state index is 13.3. The summed E-state index contributed by atoms with van der Waals surface area (Å²) in [5.74, 6) is 0.181. The molecule has 1 N–H and O–H groups in total. The van der Waals surface area contributed by atoms with Gasteiger partial charge in [0.25, 0.3) is 0 Å². The number of ketones is 1. The molecule has 31 heavy (non-hydrogen) atoms. The van der Waals surface area contributed by atoms with Crippen LogP contribution in [0.3, 0.4) is 0 Å². The number of nitrogens with one attached hydrogen (secondary N) is 1. The minimum Gasteiger partial charge on any atom is -0.342 e. The summed E-state index contributed by atoms with van der Waals surface area (Å²) >= 11 is 0. The molecular formula is C26H29N3O2. The lowest BCUT2D eigenvalue weighted by atomic mass is 9.87. The number of nitrogens with zero attached hydrogens (tertiary/aromatic N) is 2. The minimum absolute atomic E-state index is 0.123. The Bertz CT molecular complexity index is 1110. The van der Waals surface area contributed by atoms with Crippen molar-refractivity contribution >= 4 is 22.5 Å². The number of aryl methyl sites for hydroxylation is 2. The molecule has 0 spiro atoms. The summed E-state index contributed by atoms with van der Waals surface area (Å²) in [7, 11) is 0. The highest BCUT2D eigenvalue weighted by Gasteiger charge is 2.30. The highest BCUT2D eigenvalue weighted by atomic mass is 16.2. The Morgan fingerprint density at radius 2 is 1.87 bits per heavy atom. The Hall–Kier alpha value is -2.95. The zero-order valence-electron chi connectivity index (χ0n) is 17.9. The van der Waals surface area contributed by atoms with E-state index in [1.807, 2.05) is 47.4 Å². The Kier molecular flexibility index (Phi) is 5.58. The Morgan fingerprint density at radius 3 is 2.81 bits per heavy atom. The summed E-state index contributed by atoms with van der Waals surface area (Å²) in [6.07, 6.45) is 7.44. The van der Waals surface area contributed by atoms with Gasteiger partial charge in [0.1, 0.15) is 0 Å². The number of piperidine rings is 1. The van der Waals surface area contributed by atoms with Crippen molar-refractivity contribution in [2.45, 2.75) is 51.4 Å². The molecule has 1 aliphatic carbocycles. The monoisotopic (exact) mass is 415 g/mol. The average Bonchev–Trinajstić information content (AvgIpc) is 3.25. The predicted octanol–water partition coefficient (Wildman–Crippen LogP) is 4.50. The number of likely N-dealkylation sites (tertiary alicyclic amines) is 1. The van der Waals surface area contributed by atoms with Gasteiger partial charge >= 0.3 is 0 Å². The number of amides is 1. The van der Waals surface area contributed by atoms with Gasteiger partial charge in [0.15, 0.2) is 5.78 Å². The van der Waals surface area contributed by atoms with Crippen molar-refractivity contribution in [1.29, 1.82) is 0 Å². The van der Waals surface area contributed by atoms with Gasteiger partial charge in [-0.1, -0.05) is 42.5 Å². The molecule has 5 heteroatoms. The van der Waals surface area contributed by atoms with Crippen LogP contribution >= 0.6 is 0 Å². The van der Waals surface area contributed by atoms with Crippen molar-refractivity contribution in [3.05, 3.63) is 65.0 Å². The van der Waals surface area contributed by atoms with Crippen LogP contribution in [0.1, 0.15) is 59.4 Å². The van der Waals surface area contributed by atoms with Gasteiger partial charge in [-0.3, -0.25) is 14.7 Å². The van der Waals surface area contributed by atoms with E-state index in [2.05, 4.69) is 10.2 Å². The fourth-order valence-electron chi connectivity index (χ4n) is 5.22. The summed E-state index contributed by atoms with van der Waals surface area (Å²) in [5.41, 5.74) is 4.43. The Labute approximate surface area is 182 Å². The van der Waals surface area contributed by atoms with E-state index in [4.69, 9.17) is 0 Å². The largest absolute Gasteiger partial charge is 0.342 e. The van der Waals surface area contributed by atoms with Crippen LogP contribution in [0.2, 0.25) is 0 Å². The number of rotatable bonds is 5. The highest BCUT2D eigenvalue weighted by Crippen LogP contribution is 2.27. The fraction of sp³-hybridized carbons (Fsp3) is 0.423. The topological polar surface area (TPSA) is 66.1 Å². The third-order valence-electron chi connectivity index (χ3n) is 6.92. The molecular weight excluding hydrogens is 386 g/mol. The number of carbonyl (C=O) groups excluding carboxylic acids is 2. The minimum atomic E-state index is -0.123. The van der Waals surface area contributed by atoms with E-state index >= 15 is 0 Å². The predicted molar refractivity (Wildman–Crippen MR) is 121 cm³/mol. The van der Waals surface area contributed by atoms with E-state index in [-0.39, 0.29) is 17.6 Å². The molecule has 5 nitrogen and oxygen atoms in total. The molecule has 1 aromatic heterocycles. The number of aromatic amines is 1. The Balaban J connectivity index is 1.25. The van der Waals surface area contributed by atoms with Crippen molar-refractivity contribution in [2.24, 2.45) is 5.92 Å². The fourth-order valence-corrected chi connectivity index (χ4v) is 5.22. The molecule has 2 aliphatic rings. The number of hydrogen-bond acceptors (Lipinski definition) is 3. The van der Waals surface area contributed by atoms with Crippen LogP contribution in [0.5, 0.6) is 0 Å². The van der Waals surface area contributed by atoms with Crippen LogP contribution in [0, 0.1) is 5.92 Å². The number of hydrogen-bond donors (Lipinski definition) is 1. The summed E-state index contributed by atoms with van der Waals surface area (Å²) in [4.78, 5) is 28.2. The van der Waals surface area contributed by atoms with Gasteiger partial charge in [0, 0.05) is 43.1 Å². The van der Waals surface area contributed by atoms with Crippen LogP contribution in [-0.2, 0) is 24.1 Å². The number of benzene rings is 2. The van der Waals surface area contributed by atoms with E-state index in [9.17, 15) is 9.59 Å². The van der Waals surface area contributed by atoms with Gasteiger partial charge in [-0.2, -0.15) is 5.10 Å². The summed E-state index contributed by atoms with van der Waals surface area (Å²) in [6, 6.07) is 13.9. The normalized spacial score (nSPS) is 18.7. The molecule has 0 saturated carbocycles. The Morgan fingerprint density at radius 1 is 1.03 bits per heavy atom. The number of H-pyrrole nitrogens is 1. The zero-order valence-corrected chi connectivity index (χ0v) is 17.9. The van der Waals surface area contributed by atoms with Gasteiger partial charge in [-0.25, -0.2) is 0 Å². The molecule has 2 heterocycles. The van der Waals surface area contributed by atoms with E-state index in [0.717, 1.165) is 54.3 Å². The maximum atomic E-state index is 13.3. The standard InChI is InChI=1S/C26H29N3O2/c30-25(15-14-24-22-11-3-4-13-23(22)27-28-24)29-16-6-9-19(17-29)26(31)21-12-5-8-18-7-1-2-10-20(18)21/h1-2,5,7-8,10,12,19H,3-4,6,9,11,13-17H2,(H,27,28). The van der Waals surface area contributed by atoms with Gasteiger partial charge in [-0.05, 0) is 54.9 Å². The molecule has 0 bridgehead atoms. The maximum Gasteiger partial charge on any atom is 0.222 e. The first kappa shape index (κ1) is 20.0. The lowest BCUT2D eigenvalue weighted by Gasteiger charge is -2.32. The van der Waals surface area contributed by atoms with Crippen LogP contribution in [0.25, 0.3) is 10.8 Å². The summed E-state index contributed by atoms with van der Waals surface area (Å²) in [6.45, 7) is 1.27. The SMILES string of the molecule is O=C(c1cccc2ccccc12)C1CCCN(C(=O)CCc2n[nH]c3c2CCCC3)C1. The van der Waals surface area contributed by atoms with Crippen molar-refractivity contribution < 1.29 is 9.59 Å². The first-order valence-electron chi connectivity index (χ1n) is 11.6. The molecule has 2 aromatic carbocycles. The van der Waals surface area contributed by atoms with Crippen molar-refractivity contribution in [3.8, 4) is 0 Å². The highest BCUT2D eigenvalue weighted by molar-refractivity contribution is 6.09. The molecule has 1 unspecified atom stereocenters. The van der Waals surface area contributed by atoms with E-state index in [1.54, 1.807) is 0 Å². The van der Waals surface area contributed by atoms with Crippen LogP contribution in [0.4, 0.5) is 0 Å². The number of aromatic nitrogens is 2. The van der Waals surface area contributed by atoms with Crippen molar-refractivity contribution in [1.82, 2.24) is 15.1 Å². The van der Waals surface area contributed by atoms with Crippen molar-refractivity contribution in [3.63, 3.8) is 0 Å². The van der Waals surface area contributed by atoms with E-state index < -0.39 is 0 Å². The molecule has 1 atom stereocenters. The quantitative estimate of drug-likeness (QED) is 0.624. The first-order chi connectivity index (χ1) is 15.2. The third-order valence-corrected chi connectivity index (χ3v) is 6.92. The average molecular weight is 416 g/mol. The van der Waals surface area contributed by atoms with Crippen LogP contribution in [-0.4, -0.2) is 39.9 Å². The van der Waals surface area contributed by atoms with Gasteiger partial charge in [0.05, 0.1) is 5.69 Å². The lowest BCUT2D eigenvalue weighted by Crippen LogP contribution is -2.42. The second kappa shape index (κ2) is 8.66. The molecule has 1 amide bonds. The van der Waals surface area contributed by atoms with Crippen molar-refractivity contribution in [2.75, 3.05) is 13.1 Å². The summed E-state index contributed by atoms with van der Waals surface area (Å²) < 4.78 is 0. The van der Waals surface area contributed by atoms with Crippen LogP contribution < -0.4 is 0 Å². The van der Waals surface area contributed by atoms with E-state index in [0.29, 0.717) is 19.4 Å². The summed E-state index contributed by atoms with van der Waals surface area (Å²) in [5, 5.41) is 9.73. The lowest BCUT2D eigenvalue weighted by molar-refractivity contribution is -0.132. The van der Waals surface area contributed by atoms with E-state index in [1.165, 1.54) is 24.1 Å². The molecule has 160 valence electrons. The smallest absolute Gasteiger partial charge is 0.222 e. The zero-order chi connectivity index (χ0) is 21.2. The molecule has 1 aliphatic heterocycles. The number of Topliss-reactive ketones (excluding diaryl/α,β-unsaturated/α-hetero) is 1. The second-order valence-corrected chi connectivity index (χ2v) is 8.90. The molecule has 0 radical (unpaired) electrons. The molecule has 1 saturated heterocycles. The van der Waals surface area contributed by atoms with Crippen LogP contribution in [0.15, 0.2) is 42.5 Å². The number of fused-ring (bicyclic) bond motifs is 2. The molecule has 3 aromatic rings. The molecule has 1 fully saturated rings. The first-order valence-corrected chi connectivity index (χ1v) is 11.6. The molecule has 5 rings (SSSR count). The van der Waals surface area contributed by atoms with Gasteiger partial charge in [-0.15, -0.1) is 0 Å². The third kappa shape index (κ3) is 4.01. The van der Waals surface area contributed by atoms with Gasteiger partial charge < -0.3 is 4.90 Å². The second-order valence-electron chi connectivity index (χ2n) is 8.90. The van der Waals surface area contributed by atoms with Gasteiger partial charge in [0.2, 0.25) is 5.91 Å².